The second-order valence-corrected chi connectivity index (χ2v) is 6.06. The lowest BCUT2D eigenvalue weighted by Gasteiger charge is -2.24. The monoisotopic (exact) mass is 279 g/mol. The lowest BCUT2D eigenvalue weighted by molar-refractivity contribution is 0.531. The van der Waals surface area contributed by atoms with E-state index in [9.17, 15) is 4.39 Å². The van der Waals surface area contributed by atoms with Crippen molar-refractivity contribution in [1.29, 1.82) is 0 Å². The fourth-order valence-electron chi connectivity index (χ4n) is 2.39. The second-order valence-electron chi connectivity index (χ2n) is 6.06. The molecule has 0 spiro atoms. The lowest BCUT2D eigenvalue weighted by Crippen LogP contribution is -2.29. The van der Waals surface area contributed by atoms with Crippen molar-refractivity contribution in [1.82, 2.24) is 10.3 Å². The topological polar surface area (TPSA) is 28.2 Å². The largest absolute Gasteiger partial charge is 0.351 e. The van der Waals surface area contributed by atoms with E-state index in [1.807, 2.05) is 0 Å². The Hall–Kier alpha value is -1.16. The highest BCUT2D eigenvalue weighted by Gasteiger charge is 2.31. The van der Waals surface area contributed by atoms with Gasteiger partial charge in [0.15, 0.2) is 11.6 Å². The highest BCUT2D eigenvalue weighted by Crippen LogP contribution is 2.32. The van der Waals surface area contributed by atoms with Gasteiger partial charge in [-0.05, 0) is 37.8 Å². The summed E-state index contributed by atoms with van der Waals surface area (Å²) in [5, 5.41) is 3.30. The van der Waals surface area contributed by atoms with Gasteiger partial charge in [-0.15, -0.1) is 0 Å². The molecule has 112 valence electrons. The number of hydrogen-bond acceptors (Lipinski definition) is 3. The molecule has 3 nitrogen and oxygen atoms in total. The molecule has 4 heteroatoms. The van der Waals surface area contributed by atoms with Gasteiger partial charge >= 0.3 is 0 Å². The van der Waals surface area contributed by atoms with E-state index in [1.165, 1.54) is 0 Å². The molecule has 0 saturated heterocycles. The van der Waals surface area contributed by atoms with Crippen molar-refractivity contribution in [3.8, 4) is 0 Å². The molecule has 0 bridgehead atoms. The van der Waals surface area contributed by atoms with Crippen molar-refractivity contribution in [2.45, 2.75) is 52.6 Å². The summed E-state index contributed by atoms with van der Waals surface area (Å²) in [7, 11) is 0. The number of hydrogen-bond donors (Lipinski definition) is 1. The van der Waals surface area contributed by atoms with Gasteiger partial charge in [0.1, 0.15) is 0 Å². The summed E-state index contributed by atoms with van der Waals surface area (Å²) in [5.41, 5.74) is 0.720. The molecule has 0 atom stereocenters. The van der Waals surface area contributed by atoms with E-state index in [-0.39, 0.29) is 5.82 Å². The van der Waals surface area contributed by atoms with E-state index in [0.29, 0.717) is 24.3 Å². The van der Waals surface area contributed by atoms with Crippen LogP contribution in [-0.4, -0.2) is 24.1 Å². The summed E-state index contributed by atoms with van der Waals surface area (Å²) in [4.78, 5) is 6.43. The Balaban J connectivity index is 2.09. The lowest BCUT2D eigenvalue weighted by atomic mass is 10.2. The van der Waals surface area contributed by atoms with Crippen LogP contribution in [0.1, 0.15) is 45.6 Å². The smallest absolute Gasteiger partial charge is 0.170 e. The van der Waals surface area contributed by atoms with Gasteiger partial charge in [0.05, 0.1) is 0 Å². The molecular formula is C16H26FN3. The number of halogens is 1. The van der Waals surface area contributed by atoms with Crippen LogP contribution in [0.4, 0.5) is 10.2 Å². The Bertz CT molecular complexity index is 430. The minimum Gasteiger partial charge on any atom is -0.351 e. The Labute approximate surface area is 121 Å². The van der Waals surface area contributed by atoms with Crippen LogP contribution in [0, 0.1) is 11.7 Å². The number of anilines is 1. The third-order valence-electron chi connectivity index (χ3n) is 3.54. The van der Waals surface area contributed by atoms with Crippen LogP contribution in [0.5, 0.6) is 0 Å². The van der Waals surface area contributed by atoms with Crippen molar-refractivity contribution in [2.75, 3.05) is 18.0 Å². The molecular weight excluding hydrogens is 253 g/mol. The Morgan fingerprint density at radius 2 is 2.20 bits per heavy atom. The van der Waals surface area contributed by atoms with Gasteiger partial charge in [-0.3, -0.25) is 0 Å². The van der Waals surface area contributed by atoms with Gasteiger partial charge in [-0.2, -0.15) is 0 Å². The quantitative estimate of drug-likeness (QED) is 0.791. The van der Waals surface area contributed by atoms with Gasteiger partial charge in [0.2, 0.25) is 0 Å². The minimum atomic E-state index is -0.149. The Kier molecular flexibility index (Phi) is 5.35. The molecule has 1 aromatic heterocycles. The molecule has 0 unspecified atom stereocenters. The van der Waals surface area contributed by atoms with Gasteiger partial charge in [0.25, 0.3) is 0 Å². The molecule has 1 N–H and O–H groups in total. The number of nitrogens with one attached hydrogen (secondary N) is 1. The van der Waals surface area contributed by atoms with Crippen LogP contribution in [-0.2, 0) is 6.54 Å². The number of rotatable bonds is 8. The first-order valence-corrected chi connectivity index (χ1v) is 7.74. The van der Waals surface area contributed by atoms with Crippen molar-refractivity contribution in [3.63, 3.8) is 0 Å². The molecule has 20 heavy (non-hydrogen) atoms. The molecule has 1 fully saturated rings. The van der Waals surface area contributed by atoms with E-state index < -0.39 is 0 Å². The summed E-state index contributed by atoms with van der Waals surface area (Å²) >= 11 is 0. The van der Waals surface area contributed by atoms with Gasteiger partial charge in [-0.25, -0.2) is 9.37 Å². The third kappa shape index (κ3) is 3.92. The van der Waals surface area contributed by atoms with Crippen molar-refractivity contribution < 1.29 is 4.39 Å². The zero-order valence-electron chi connectivity index (χ0n) is 12.8. The molecule has 0 radical (unpaired) electrons. The number of aromatic nitrogens is 1. The first kappa shape index (κ1) is 15.2. The first-order valence-electron chi connectivity index (χ1n) is 7.74. The highest BCUT2D eigenvalue weighted by atomic mass is 19.1. The highest BCUT2D eigenvalue weighted by molar-refractivity contribution is 5.45. The Morgan fingerprint density at radius 3 is 2.80 bits per heavy atom. The summed E-state index contributed by atoms with van der Waals surface area (Å²) in [5.74, 6) is 0.963. The van der Waals surface area contributed by atoms with Crippen LogP contribution in [0.2, 0.25) is 0 Å². The van der Waals surface area contributed by atoms with E-state index in [2.05, 4.69) is 36.0 Å². The van der Waals surface area contributed by atoms with Crippen molar-refractivity contribution >= 4 is 5.82 Å². The Morgan fingerprint density at radius 1 is 1.45 bits per heavy atom. The van der Waals surface area contributed by atoms with Crippen LogP contribution in [0.25, 0.3) is 0 Å². The van der Waals surface area contributed by atoms with Crippen LogP contribution < -0.4 is 10.2 Å². The van der Waals surface area contributed by atoms with Gasteiger partial charge < -0.3 is 10.2 Å². The fraction of sp³-hybridized carbons (Fsp3) is 0.688. The molecule has 1 aromatic rings. The molecule has 1 heterocycles. The normalized spacial score (nSPS) is 14.8. The third-order valence-corrected chi connectivity index (χ3v) is 3.54. The maximum Gasteiger partial charge on any atom is 0.170 e. The zero-order chi connectivity index (χ0) is 14.5. The maximum absolute atomic E-state index is 14.6. The summed E-state index contributed by atoms with van der Waals surface area (Å²) < 4.78 is 14.6. The minimum absolute atomic E-state index is 0.149. The average molecular weight is 279 g/mol. The average Bonchev–Trinajstić information content (AvgIpc) is 3.22. The summed E-state index contributed by atoms with van der Waals surface area (Å²) in [6.45, 7) is 8.79. The summed E-state index contributed by atoms with van der Waals surface area (Å²) in [6, 6.07) is 2.28. The predicted octanol–water partition coefficient (Wildman–Crippen LogP) is 3.35. The number of pyridine rings is 1. The number of nitrogens with zero attached hydrogens (tertiary/aromatic N) is 2. The van der Waals surface area contributed by atoms with Gasteiger partial charge in [0, 0.05) is 30.9 Å². The summed E-state index contributed by atoms with van der Waals surface area (Å²) in [6.07, 6.45) is 5.08. The van der Waals surface area contributed by atoms with E-state index >= 15 is 0 Å². The maximum atomic E-state index is 14.6. The fourth-order valence-corrected chi connectivity index (χ4v) is 2.39. The molecule has 0 aliphatic heterocycles. The first-order chi connectivity index (χ1) is 9.63. The van der Waals surface area contributed by atoms with E-state index in [0.717, 1.165) is 37.9 Å². The van der Waals surface area contributed by atoms with Crippen LogP contribution in [0.15, 0.2) is 12.3 Å². The predicted molar refractivity (Wildman–Crippen MR) is 81.4 cm³/mol. The molecule has 1 aliphatic rings. The molecule has 1 aliphatic carbocycles. The molecule has 0 amide bonds. The van der Waals surface area contributed by atoms with Gasteiger partial charge in [-0.1, -0.05) is 20.8 Å². The van der Waals surface area contributed by atoms with Crippen LogP contribution >= 0.6 is 0 Å². The molecule has 2 rings (SSSR count). The van der Waals surface area contributed by atoms with E-state index in [4.69, 9.17) is 0 Å². The molecule has 1 saturated carbocycles. The second kappa shape index (κ2) is 7.02. The molecule has 0 aromatic carbocycles. The van der Waals surface area contributed by atoms with Crippen LogP contribution in [0.3, 0.4) is 0 Å². The van der Waals surface area contributed by atoms with E-state index in [1.54, 1.807) is 12.3 Å². The van der Waals surface area contributed by atoms with Crippen molar-refractivity contribution in [2.24, 2.45) is 5.92 Å². The zero-order valence-corrected chi connectivity index (χ0v) is 12.8. The standard InChI is InChI=1S/C16H26FN3/c1-4-9-20(14-5-6-14)16-15(17)13(7-8-19-16)11-18-10-12(2)3/h7-8,12,14,18H,4-6,9-11H2,1-3H3. The van der Waals surface area contributed by atoms with Crippen molar-refractivity contribution in [3.05, 3.63) is 23.6 Å². The SMILES string of the molecule is CCCN(c1nccc(CNCC(C)C)c1F)C1CC1.